The molecular formula is C11H16BrNO2. The average molecular weight is 274 g/mol. The highest BCUT2D eigenvalue weighted by Crippen LogP contribution is 2.36. The smallest absolute Gasteiger partial charge is 0.164 e. The lowest BCUT2D eigenvalue weighted by Gasteiger charge is -2.11. The number of methoxy groups -OCH3 is 1. The molecule has 0 aliphatic heterocycles. The fraction of sp³-hybridized carbons (Fsp3) is 0.455. The molecule has 0 saturated carbocycles. The van der Waals surface area contributed by atoms with Crippen molar-refractivity contribution in [1.29, 1.82) is 0 Å². The number of nitrogens with two attached hydrogens (primary N) is 1. The summed E-state index contributed by atoms with van der Waals surface area (Å²) in [6.07, 6.45) is 2.83. The van der Waals surface area contributed by atoms with Crippen LogP contribution in [0.1, 0.15) is 18.4 Å². The molecule has 1 aromatic rings. The Morgan fingerprint density at radius 3 is 2.73 bits per heavy atom. The second-order valence-corrected chi connectivity index (χ2v) is 4.18. The van der Waals surface area contributed by atoms with Gasteiger partial charge in [-0.3, -0.25) is 0 Å². The predicted molar refractivity (Wildman–Crippen MR) is 64.4 cm³/mol. The van der Waals surface area contributed by atoms with E-state index in [1.165, 1.54) is 0 Å². The van der Waals surface area contributed by atoms with Gasteiger partial charge < -0.3 is 15.6 Å². The lowest BCUT2D eigenvalue weighted by molar-refractivity contribution is 0.368. The van der Waals surface area contributed by atoms with Crippen LogP contribution in [0.5, 0.6) is 11.5 Å². The fourth-order valence-electron chi connectivity index (χ4n) is 1.50. The number of phenols is 1. The minimum Gasteiger partial charge on any atom is -0.504 e. The second kappa shape index (κ2) is 5.98. The zero-order chi connectivity index (χ0) is 11.3. The van der Waals surface area contributed by atoms with Gasteiger partial charge in [0.15, 0.2) is 11.5 Å². The Kier molecular flexibility index (Phi) is 4.91. The Balaban J connectivity index is 2.87. The summed E-state index contributed by atoms with van der Waals surface area (Å²) in [5, 5.41) is 9.60. The molecule has 0 radical (unpaired) electrons. The van der Waals surface area contributed by atoms with Gasteiger partial charge >= 0.3 is 0 Å². The van der Waals surface area contributed by atoms with Gasteiger partial charge in [0.2, 0.25) is 0 Å². The summed E-state index contributed by atoms with van der Waals surface area (Å²) in [7, 11) is 1.56. The van der Waals surface area contributed by atoms with Gasteiger partial charge in [0, 0.05) is 10.0 Å². The highest BCUT2D eigenvalue weighted by molar-refractivity contribution is 9.10. The Hall–Kier alpha value is -0.740. The zero-order valence-electron chi connectivity index (χ0n) is 8.79. The summed E-state index contributed by atoms with van der Waals surface area (Å²) in [5.41, 5.74) is 6.44. The maximum atomic E-state index is 9.60. The molecule has 0 unspecified atom stereocenters. The molecule has 0 spiro atoms. The van der Waals surface area contributed by atoms with Crippen molar-refractivity contribution in [2.75, 3.05) is 13.7 Å². The number of benzene rings is 1. The van der Waals surface area contributed by atoms with E-state index in [0.29, 0.717) is 12.3 Å². The molecule has 0 aliphatic rings. The Morgan fingerprint density at radius 2 is 2.13 bits per heavy atom. The molecule has 0 heterocycles. The van der Waals surface area contributed by atoms with E-state index in [-0.39, 0.29) is 5.75 Å². The number of ether oxygens (including phenoxy) is 1. The third-order valence-electron chi connectivity index (χ3n) is 2.27. The number of hydrogen-bond acceptors (Lipinski definition) is 3. The van der Waals surface area contributed by atoms with Crippen molar-refractivity contribution >= 4 is 15.9 Å². The van der Waals surface area contributed by atoms with E-state index >= 15 is 0 Å². The first kappa shape index (κ1) is 12.3. The first-order chi connectivity index (χ1) is 7.20. The van der Waals surface area contributed by atoms with E-state index in [4.69, 9.17) is 10.5 Å². The van der Waals surface area contributed by atoms with Gasteiger partial charge in [0.25, 0.3) is 0 Å². The highest BCUT2D eigenvalue weighted by atomic mass is 79.9. The quantitative estimate of drug-likeness (QED) is 0.811. The number of halogens is 1. The maximum Gasteiger partial charge on any atom is 0.164 e. The van der Waals surface area contributed by atoms with Crippen LogP contribution in [0.15, 0.2) is 16.6 Å². The molecule has 15 heavy (non-hydrogen) atoms. The molecule has 1 aromatic carbocycles. The van der Waals surface area contributed by atoms with Crippen molar-refractivity contribution in [3.05, 3.63) is 22.2 Å². The van der Waals surface area contributed by atoms with Crippen LogP contribution in [0, 0.1) is 0 Å². The molecule has 0 aromatic heterocycles. The van der Waals surface area contributed by atoms with Crippen LogP contribution in [0.2, 0.25) is 0 Å². The average Bonchev–Trinajstić information content (AvgIpc) is 2.23. The van der Waals surface area contributed by atoms with Crippen molar-refractivity contribution in [2.24, 2.45) is 5.73 Å². The molecule has 0 fully saturated rings. The molecule has 3 N–H and O–H groups in total. The van der Waals surface area contributed by atoms with E-state index < -0.39 is 0 Å². The third-order valence-corrected chi connectivity index (χ3v) is 3.01. The molecule has 84 valence electrons. The number of unbranched alkanes of at least 4 members (excludes halogenated alkanes) is 1. The predicted octanol–water partition coefficient (Wildman–Crippen LogP) is 2.44. The minimum absolute atomic E-state index is 0.184. The van der Waals surface area contributed by atoms with Crippen LogP contribution in [0.3, 0.4) is 0 Å². The molecule has 0 atom stereocenters. The summed E-state index contributed by atoms with van der Waals surface area (Å²) in [6.45, 7) is 0.693. The normalized spacial score (nSPS) is 10.3. The first-order valence-electron chi connectivity index (χ1n) is 4.95. The lowest BCUT2D eigenvalue weighted by Crippen LogP contribution is -2.00. The van der Waals surface area contributed by atoms with E-state index in [1.807, 2.05) is 6.07 Å². The molecule has 0 amide bonds. The van der Waals surface area contributed by atoms with Crippen LogP contribution in [-0.2, 0) is 6.42 Å². The van der Waals surface area contributed by atoms with Crippen molar-refractivity contribution in [3.8, 4) is 11.5 Å². The van der Waals surface area contributed by atoms with Crippen molar-refractivity contribution < 1.29 is 9.84 Å². The van der Waals surface area contributed by atoms with Crippen molar-refractivity contribution in [3.63, 3.8) is 0 Å². The maximum absolute atomic E-state index is 9.60. The van der Waals surface area contributed by atoms with E-state index in [1.54, 1.807) is 13.2 Å². The zero-order valence-corrected chi connectivity index (χ0v) is 10.4. The molecule has 0 saturated heterocycles. The highest BCUT2D eigenvalue weighted by Gasteiger charge is 2.11. The fourth-order valence-corrected chi connectivity index (χ4v) is 2.01. The summed E-state index contributed by atoms with van der Waals surface area (Å²) in [6, 6.07) is 3.45. The topological polar surface area (TPSA) is 55.5 Å². The molecule has 0 bridgehead atoms. The standard InChI is InChI=1S/C11H16BrNO2/c1-15-11-8(4-2-3-7-13)9(12)5-6-10(11)14/h5-6,14H,2-4,7,13H2,1H3. The van der Waals surface area contributed by atoms with Crippen LogP contribution in [-0.4, -0.2) is 18.8 Å². The first-order valence-corrected chi connectivity index (χ1v) is 5.74. The van der Waals surface area contributed by atoms with Crippen molar-refractivity contribution in [1.82, 2.24) is 0 Å². The molecule has 0 aliphatic carbocycles. The van der Waals surface area contributed by atoms with Crippen LogP contribution >= 0.6 is 15.9 Å². The van der Waals surface area contributed by atoms with Crippen LogP contribution in [0.25, 0.3) is 0 Å². The minimum atomic E-state index is 0.184. The number of phenolic OH excluding ortho intramolecular Hbond substituents is 1. The third kappa shape index (κ3) is 3.11. The number of hydrogen-bond donors (Lipinski definition) is 2. The monoisotopic (exact) mass is 273 g/mol. The second-order valence-electron chi connectivity index (χ2n) is 3.32. The van der Waals surface area contributed by atoms with Gasteiger partial charge in [0.05, 0.1) is 7.11 Å². The van der Waals surface area contributed by atoms with Crippen LogP contribution in [0.4, 0.5) is 0 Å². The number of rotatable bonds is 5. The Bertz CT molecular complexity index is 329. The van der Waals surface area contributed by atoms with Gasteiger partial charge in [0.1, 0.15) is 0 Å². The summed E-state index contributed by atoms with van der Waals surface area (Å²) in [4.78, 5) is 0. The number of aromatic hydroxyl groups is 1. The SMILES string of the molecule is COc1c(O)ccc(Br)c1CCCCN. The van der Waals surface area contributed by atoms with Gasteiger partial charge in [-0.2, -0.15) is 0 Å². The van der Waals surface area contributed by atoms with E-state index in [2.05, 4.69) is 15.9 Å². The van der Waals surface area contributed by atoms with Gasteiger partial charge in [-0.1, -0.05) is 15.9 Å². The van der Waals surface area contributed by atoms with E-state index in [0.717, 1.165) is 29.3 Å². The molecule has 1 rings (SSSR count). The summed E-state index contributed by atoms with van der Waals surface area (Å²) >= 11 is 3.45. The van der Waals surface area contributed by atoms with E-state index in [9.17, 15) is 5.11 Å². The summed E-state index contributed by atoms with van der Waals surface area (Å²) in [5.74, 6) is 0.741. The van der Waals surface area contributed by atoms with Crippen molar-refractivity contribution in [2.45, 2.75) is 19.3 Å². The van der Waals surface area contributed by atoms with Gasteiger partial charge in [-0.15, -0.1) is 0 Å². The Labute approximate surface area is 98.4 Å². The van der Waals surface area contributed by atoms with Gasteiger partial charge in [-0.25, -0.2) is 0 Å². The molecular weight excluding hydrogens is 258 g/mol. The largest absolute Gasteiger partial charge is 0.504 e. The summed E-state index contributed by atoms with van der Waals surface area (Å²) < 4.78 is 6.14. The lowest BCUT2D eigenvalue weighted by atomic mass is 10.1. The Morgan fingerprint density at radius 1 is 1.40 bits per heavy atom. The van der Waals surface area contributed by atoms with Gasteiger partial charge in [-0.05, 0) is 37.9 Å². The molecule has 3 nitrogen and oxygen atoms in total. The van der Waals surface area contributed by atoms with Crippen LogP contribution < -0.4 is 10.5 Å². The molecule has 4 heteroatoms.